The Morgan fingerprint density at radius 1 is 1.19 bits per heavy atom. The van der Waals surface area contributed by atoms with Crippen molar-refractivity contribution in [1.29, 1.82) is 0 Å². The number of hydrogen-bond acceptors (Lipinski definition) is 3. The average molecular weight is 222 g/mol. The number of fused-ring (bicyclic) bond motifs is 2. The zero-order chi connectivity index (χ0) is 11.3. The van der Waals surface area contributed by atoms with Gasteiger partial charge in [-0.1, -0.05) is 0 Å². The van der Waals surface area contributed by atoms with Gasteiger partial charge < -0.3 is 10.6 Å². The van der Waals surface area contributed by atoms with E-state index in [4.69, 9.17) is 0 Å². The first-order chi connectivity index (χ1) is 7.63. The van der Waals surface area contributed by atoms with E-state index in [0.29, 0.717) is 19.3 Å². The number of nitrogens with one attached hydrogen (secondary N) is 2. The minimum absolute atomic E-state index is 0.0628. The van der Waals surface area contributed by atoms with Crippen LogP contribution in [0.15, 0.2) is 0 Å². The molecule has 0 aromatic carbocycles. The lowest BCUT2D eigenvalue weighted by Crippen LogP contribution is -2.55. The summed E-state index contributed by atoms with van der Waals surface area (Å²) in [4.78, 5) is 35.3. The molecule has 3 fully saturated rings. The minimum atomic E-state index is -0.917. The lowest BCUT2D eigenvalue weighted by Gasteiger charge is -2.31. The predicted molar refractivity (Wildman–Crippen MR) is 54.4 cm³/mol. The quantitative estimate of drug-likeness (QED) is 0.580. The fraction of sp³-hybridized carbons (Fsp3) is 0.727. The van der Waals surface area contributed by atoms with Gasteiger partial charge in [0.15, 0.2) is 0 Å². The summed E-state index contributed by atoms with van der Waals surface area (Å²) in [5.41, 5.74) is -0.917. The second-order valence-electron chi connectivity index (χ2n) is 4.94. The molecule has 0 radical (unpaired) electrons. The molecule has 0 bridgehead atoms. The summed E-state index contributed by atoms with van der Waals surface area (Å²) in [7, 11) is 0. The molecule has 1 spiro atoms. The van der Waals surface area contributed by atoms with E-state index in [0.717, 1.165) is 12.8 Å². The zero-order valence-corrected chi connectivity index (χ0v) is 8.91. The Morgan fingerprint density at radius 3 is 2.69 bits per heavy atom. The molecular weight excluding hydrogens is 208 g/mol. The van der Waals surface area contributed by atoms with Crippen LogP contribution in [0.2, 0.25) is 0 Å². The van der Waals surface area contributed by atoms with Gasteiger partial charge in [0.2, 0.25) is 11.8 Å². The number of carbonyl (C=O) groups is 3. The van der Waals surface area contributed by atoms with Gasteiger partial charge in [-0.15, -0.1) is 0 Å². The van der Waals surface area contributed by atoms with Gasteiger partial charge in [-0.3, -0.25) is 14.4 Å². The molecule has 86 valence electrons. The van der Waals surface area contributed by atoms with E-state index < -0.39 is 5.54 Å². The third-order valence-corrected chi connectivity index (χ3v) is 4.05. The van der Waals surface area contributed by atoms with Crippen LogP contribution in [0.25, 0.3) is 0 Å². The summed E-state index contributed by atoms with van der Waals surface area (Å²) in [5, 5.41) is 5.60. The van der Waals surface area contributed by atoms with Crippen LogP contribution in [0.4, 0.5) is 0 Å². The molecular formula is C11H14N2O3. The highest BCUT2D eigenvalue weighted by molar-refractivity contribution is 6.03. The Morgan fingerprint density at radius 2 is 2.00 bits per heavy atom. The molecule has 2 amide bonds. The third-order valence-electron chi connectivity index (χ3n) is 4.05. The maximum Gasteiger partial charge on any atom is 0.246 e. The van der Waals surface area contributed by atoms with Crippen molar-refractivity contribution in [2.75, 3.05) is 0 Å². The van der Waals surface area contributed by atoms with Crippen LogP contribution in [0.5, 0.6) is 0 Å². The predicted octanol–water partition coefficient (Wildman–Crippen LogP) is -0.497. The van der Waals surface area contributed by atoms with Gasteiger partial charge in [0, 0.05) is 18.9 Å². The third kappa shape index (κ3) is 1.08. The molecule has 2 heterocycles. The topological polar surface area (TPSA) is 75.3 Å². The van der Waals surface area contributed by atoms with E-state index in [1.54, 1.807) is 0 Å². The standard InChI is InChI=1S/C11H14N2O3/c14-7-3-1-2-6-9(7)11(10(16)12-6)5-4-8(15)13-11/h6,9H,1-5H2,(H,12,16)(H,13,15). The first-order valence-electron chi connectivity index (χ1n) is 5.78. The fourth-order valence-corrected chi connectivity index (χ4v) is 3.34. The fourth-order valence-electron chi connectivity index (χ4n) is 3.34. The van der Waals surface area contributed by atoms with E-state index in [1.165, 1.54) is 0 Å². The van der Waals surface area contributed by atoms with Crippen molar-refractivity contribution >= 4 is 17.6 Å². The van der Waals surface area contributed by atoms with Crippen molar-refractivity contribution in [2.24, 2.45) is 5.92 Å². The first-order valence-corrected chi connectivity index (χ1v) is 5.78. The van der Waals surface area contributed by atoms with Crippen LogP contribution in [-0.4, -0.2) is 29.2 Å². The normalized spacial score (nSPS) is 42.1. The van der Waals surface area contributed by atoms with Crippen LogP contribution in [-0.2, 0) is 14.4 Å². The van der Waals surface area contributed by atoms with Crippen LogP contribution in [0.1, 0.15) is 32.1 Å². The molecule has 0 aromatic rings. The molecule has 16 heavy (non-hydrogen) atoms. The number of carbonyl (C=O) groups excluding carboxylic acids is 3. The molecule has 3 unspecified atom stereocenters. The highest BCUT2D eigenvalue weighted by atomic mass is 16.2. The van der Waals surface area contributed by atoms with Crippen LogP contribution < -0.4 is 10.6 Å². The molecule has 2 saturated heterocycles. The van der Waals surface area contributed by atoms with Gasteiger partial charge in [-0.25, -0.2) is 0 Å². The number of amides is 2. The summed E-state index contributed by atoms with van der Waals surface area (Å²) in [6.07, 6.45) is 3.03. The Balaban J connectivity index is 2.00. The summed E-state index contributed by atoms with van der Waals surface area (Å²) in [6, 6.07) is -0.0628. The van der Waals surface area contributed by atoms with Crippen molar-refractivity contribution in [2.45, 2.75) is 43.7 Å². The summed E-state index contributed by atoms with van der Waals surface area (Å²) >= 11 is 0. The Hall–Kier alpha value is -1.39. The van der Waals surface area contributed by atoms with Gasteiger partial charge in [-0.05, 0) is 19.3 Å². The highest BCUT2D eigenvalue weighted by Crippen LogP contribution is 2.40. The van der Waals surface area contributed by atoms with Crippen molar-refractivity contribution in [3.05, 3.63) is 0 Å². The minimum Gasteiger partial charge on any atom is -0.350 e. The van der Waals surface area contributed by atoms with Crippen molar-refractivity contribution in [3.8, 4) is 0 Å². The van der Waals surface area contributed by atoms with Crippen molar-refractivity contribution in [1.82, 2.24) is 10.6 Å². The Labute approximate surface area is 93.0 Å². The van der Waals surface area contributed by atoms with Gasteiger partial charge in [0.1, 0.15) is 11.3 Å². The summed E-state index contributed by atoms with van der Waals surface area (Å²) < 4.78 is 0. The highest BCUT2D eigenvalue weighted by Gasteiger charge is 2.61. The van der Waals surface area contributed by atoms with Crippen LogP contribution >= 0.6 is 0 Å². The SMILES string of the molecule is O=C1CCC2(N1)C(=O)NC1CCCC(=O)C12. The molecule has 0 aromatic heterocycles. The van der Waals surface area contributed by atoms with Crippen LogP contribution in [0.3, 0.4) is 0 Å². The van der Waals surface area contributed by atoms with E-state index >= 15 is 0 Å². The van der Waals surface area contributed by atoms with Crippen molar-refractivity contribution < 1.29 is 14.4 Å². The molecule has 2 N–H and O–H groups in total. The Bertz CT molecular complexity index is 393. The first kappa shape index (κ1) is 9.81. The zero-order valence-electron chi connectivity index (χ0n) is 8.91. The number of hydrogen-bond donors (Lipinski definition) is 2. The smallest absolute Gasteiger partial charge is 0.246 e. The maximum absolute atomic E-state index is 12.0. The van der Waals surface area contributed by atoms with E-state index in [-0.39, 0.29) is 29.6 Å². The monoisotopic (exact) mass is 222 g/mol. The van der Waals surface area contributed by atoms with Crippen LogP contribution in [0, 0.1) is 5.92 Å². The lowest BCUT2D eigenvalue weighted by molar-refractivity contribution is -0.133. The number of rotatable bonds is 0. The summed E-state index contributed by atoms with van der Waals surface area (Å²) in [5.74, 6) is -0.491. The van der Waals surface area contributed by atoms with Gasteiger partial charge >= 0.3 is 0 Å². The molecule has 3 rings (SSSR count). The van der Waals surface area contributed by atoms with E-state index in [2.05, 4.69) is 10.6 Å². The van der Waals surface area contributed by atoms with E-state index in [9.17, 15) is 14.4 Å². The maximum atomic E-state index is 12.0. The van der Waals surface area contributed by atoms with Gasteiger partial charge in [-0.2, -0.15) is 0 Å². The molecule has 2 aliphatic heterocycles. The largest absolute Gasteiger partial charge is 0.350 e. The summed E-state index contributed by atoms with van der Waals surface area (Å²) in [6.45, 7) is 0. The number of ketones is 1. The molecule has 3 aliphatic rings. The molecule has 1 aliphatic carbocycles. The van der Waals surface area contributed by atoms with Gasteiger partial charge in [0.05, 0.1) is 5.92 Å². The van der Waals surface area contributed by atoms with Gasteiger partial charge in [0.25, 0.3) is 0 Å². The number of Topliss-reactive ketones (excluding diaryl/α,β-unsaturated/α-hetero) is 1. The lowest BCUT2D eigenvalue weighted by atomic mass is 9.73. The second-order valence-corrected chi connectivity index (χ2v) is 4.94. The molecule has 3 atom stereocenters. The van der Waals surface area contributed by atoms with Crippen molar-refractivity contribution in [3.63, 3.8) is 0 Å². The average Bonchev–Trinajstić information content (AvgIpc) is 2.73. The molecule has 5 heteroatoms. The Kier molecular flexibility index (Phi) is 1.87. The molecule has 5 nitrogen and oxygen atoms in total. The second kappa shape index (κ2) is 3.06. The van der Waals surface area contributed by atoms with E-state index in [1.807, 2.05) is 0 Å². The molecule has 1 saturated carbocycles.